The number of nitrogens with one attached hydrogen (secondary N) is 1. The summed E-state index contributed by atoms with van der Waals surface area (Å²) in [6.45, 7) is 3.52. The minimum absolute atomic E-state index is 0.0316. The number of carboxylic acid groups (broad SMARTS) is 1. The van der Waals surface area contributed by atoms with Crippen molar-refractivity contribution < 1.29 is 14.7 Å². The molecule has 1 aliphatic heterocycles. The maximum atomic E-state index is 11.9. The second-order valence-corrected chi connectivity index (χ2v) is 5.25. The number of rotatable bonds is 4. The van der Waals surface area contributed by atoms with Crippen LogP contribution in [-0.4, -0.2) is 35.1 Å². The van der Waals surface area contributed by atoms with E-state index in [9.17, 15) is 9.59 Å². The molecule has 2 rings (SSSR count). The number of anilines is 1. The highest BCUT2D eigenvalue weighted by Gasteiger charge is 2.17. The quantitative estimate of drug-likeness (QED) is 0.888. The molecule has 0 bridgehead atoms. The summed E-state index contributed by atoms with van der Waals surface area (Å²) in [7, 11) is 0. The Bertz CT molecular complexity index is 478. The Hall–Kier alpha value is -2.04. The topological polar surface area (TPSA) is 69.6 Å². The number of hydrogen-bond acceptors (Lipinski definition) is 2. The van der Waals surface area contributed by atoms with Gasteiger partial charge in [0.1, 0.15) is 0 Å². The lowest BCUT2D eigenvalue weighted by Gasteiger charge is -2.16. The van der Waals surface area contributed by atoms with Gasteiger partial charge in [0.15, 0.2) is 0 Å². The third-order valence-corrected chi connectivity index (χ3v) is 3.61. The molecule has 5 nitrogen and oxygen atoms in total. The lowest BCUT2D eigenvalue weighted by atomic mass is 9.98. The molecule has 1 heterocycles. The molecule has 5 heteroatoms. The summed E-state index contributed by atoms with van der Waals surface area (Å²) in [6, 6.07) is 7.32. The van der Waals surface area contributed by atoms with Crippen LogP contribution in [0.4, 0.5) is 10.5 Å². The fourth-order valence-electron chi connectivity index (χ4n) is 2.40. The van der Waals surface area contributed by atoms with Crippen LogP contribution in [0.1, 0.15) is 37.7 Å². The van der Waals surface area contributed by atoms with Crippen LogP contribution >= 0.6 is 0 Å². The molecule has 1 saturated heterocycles. The number of nitrogens with zero attached hydrogens (tertiary/aromatic N) is 1. The van der Waals surface area contributed by atoms with Gasteiger partial charge in [0.05, 0.1) is 6.42 Å². The third kappa shape index (κ3) is 3.73. The van der Waals surface area contributed by atoms with Crippen LogP contribution in [0, 0.1) is 0 Å². The van der Waals surface area contributed by atoms with Gasteiger partial charge in [0.2, 0.25) is 0 Å². The fraction of sp³-hybridized carbons (Fsp3) is 0.467. The van der Waals surface area contributed by atoms with E-state index in [1.54, 1.807) is 4.90 Å². The SMILES string of the molecule is CC(CC(=O)O)c1ccc(NC(=O)N2CCCC2)cc1. The van der Waals surface area contributed by atoms with Crippen molar-refractivity contribution in [1.82, 2.24) is 4.90 Å². The van der Waals surface area contributed by atoms with Crippen molar-refractivity contribution in [3.05, 3.63) is 29.8 Å². The second kappa shape index (κ2) is 6.41. The van der Waals surface area contributed by atoms with E-state index in [1.165, 1.54) is 0 Å². The molecule has 1 aliphatic rings. The average Bonchev–Trinajstić information content (AvgIpc) is 2.92. The number of benzene rings is 1. The van der Waals surface area contributed by atoms with Crippen LogP contribution in [0.2, 0.25) is 0 Å². The molecular weight excluding hydrogens is 256 g/mol. The van der Waals surface area contributed by atoms with E-state index in [0.29, 0.717) is 0 Å². The Labute approximate surface area is 118 Å². The highest BCUT2D eigenvalue weighted by molar-refractivity contribution is 5.89. The highest BCUT2D eigenvalue weighted by Crippen LogP contribution is 2.21. The molecule has 108 valence electrons. The van der Waals surface area contributed by atoms with Crippen LogP contribution in [-0.2, 0) is 4.79 Å². The van der Waals surface area contributed by atoms with Crippen molar-refractivity contribution in [3.8, 4) is 0 Å². The Kier molecular flexibility index (Phi) is 4.61. The zero-order valence-electron chi connectivity index (χ0n) is 11.6. The molecule has 2 N–H and O–H groups in total. The molecule has 0 aromatic heterocycles. The standard InChI is InChI=1S/C15H20N2O3/c1-11(10-14(18)19)12-4-6-13(7-5-12)16-15(20)17-8-2-3-9-17/h4-7,11H,2-3,8-10H2,1H3,(H,16,20)(H,18,19). The van der Waals surface area contributed by atoms with Crippen molar-refractivity contribution in [2.24, 2.45) is 0 Å². The molecular formula is C15H20N2O3. The Morgan fingerprint density at radius 2 is 1.85 bits per heavy atom. The van der Waals surface area contributed by atoms with Gasteiger partial charge in [-0.15, -0.1) is 0 Å². The molecule has 1 aromatic rings. The number of carbonyl (C=O) groups excluding carboxylic acids is 1. The first kappa shape index (κ1) is 14.4. The summed E-state index contributed by atoms with van der Waals surface area (Å²) in [5.41, 5.74) is 1.71. The van der Waals surface area contributed by atoms with E-state index in [-0.39, 0.29) is 18.4 Å². The van der Waals surface area contributed by atoms with Gasteiger partial charge in [-0.3, -0.25) is 4.79 Å². The zero-order chi connectivity index (χ0) is 14.5. The van der Waals surface area contributed by atoms with Crippen LogP contribution in [0.3, 0.4) is 0 Å². The van der Waals surface area contributed by atoms with Crippen molar-refractivity contribution in [2.75, 3.05) is 18.4 Å². The van der Waals surface area contributed by atoms with E-state index in [0.717, 1.165) is 37.2 Å². The molecule has 1 atom stereocenters. The molecule has 0 aliphatic carbocycles. The third-order valence-electron chi connectivity index (χ3n) is 3.61. The lowest BCUT2D eigenvalue weighted by Crippen LogP contribution is -2.32. The molecule has 20 heavy (non-hydrogen) atoms. The number of carboxylic acids is 1. The summed E-state index contributed by atoms with van der Waals surface area (Å²) in [5, 5.41) is 11.6. The van der Waals surface area contributed by atoms with Gasteiger partial charge >= 0.3 is 12.0 Å². The predicted octanol–water partition coefficient (Wildman–Crippen LogP) is 2.89. The van der Waals surface area contributed by atoms with Gasteiger partial charge < -0.3 is 15.3 Å². The van der Waals surface area contributed by atoms with Crippen molar-refractivity contribution in [1.29, 1.82) is 0 Å². The van der Waals surface area contributed by atoms with Crippen molar-refractivity contribution in [2.45, 2.75) is 32.1 Å². The maximum absolute atomic E-state index is 11.9. The van der Waals surface area contributed by atoms with Gasteiger partial charge in [-0.1, -0.05) is 19.1 Å². The number of hydrogen-bond donors (Lipinski definition) is 2. The average molecular weight is 276 g/mol. The summed E-state index contributed by atoms with van der Waals surface area (Å²) in [5.74, 6) is -0.834. The molecule has 0 radical (unpaired) electrons. The van der Waals surface area contributed by atoms with Gasteiger partial charge in [0, 0.05) is 18.8 Å². The monoisotopic (exact) mass is 276 g/mol. The first-order chi connectivity index (χ1) is 9.56. The highest BCUT2D eigenvalue weighted by atomic mass is 16.4. The van der Waals surface area contributed by atoms with Crippen LogP contribution in [0.25, 0.3) is 0 Å². The Balaban J connectivity index is 1.94. The molecule has 1 unspecified atom stereocenters. The van der Waals surface area contributed by atoms with Crippen molar-refractivity contribution >= 4 is 17.7 Å². The number of urea groups is 1. The maximum Gasteiger partial charge on any atom is 0.321 e. The minimum Gasteiger partial charge on any atom is -0.481 e. The molecule has 2 amide bonds. The normalized spacial score (nSPS) is 15.9. The van der Waals surface area contributed by atoms with Crippen LogP contribution in [0.15, 0.2) is 24.3 Å². The summed E-state index contributed by atoms with van der Waals surface area (Å²) < 4.78 is 0. The predicted molar refractivity (Wildman–Crippen MR) is 76.9 cm³/mol. The second-order valence-electron chi connectivity index (χ2n) is 5.25. The largest absolute Gasteiger partial charge is 0.481 e. The fourth-order valence-corrected chi connectivity index (χ4v) is 2.40. The zero-order valence-corrected chi connectivity index (χ0v) is 11.6. The van der Waals surface area contributed by atoms with E-state index in [1.807, 2.05) is 31.2 Å². The summed E-state index contributed by atoms with van der Waals surface area (Å²) in [6.07, 6.45) is 2.25. The van der Waals surface area contributed by atoms with Gasteiger partial charge in [-0.2, -0.15) is 0 Å². The number of carbonyl (C=O) groups is 2. The molecule has 0 saturated carbocycles. The van der Waals surface area contributed by atoms with E-state index < -0.39 is 5.97 Å². The molecule has 0 spiro atoms. The summed E-state index contributed by atoms with van der Waals surface area (Å²) in [4.78, 5) is 24.4. The van der Waals surface area contributed by atoms with Gasteiger partial charge in [0.25, 0.3) is 0 Å². The molecule has 1 fully saturated rings. The summed E-state index contributed by atoms with van der Waals surface area (Å²) >= 11 is 0. The Morgan fingerprint density at radius 1 is 1.25 bits per heavy atom. The van der Waals surface area contributed by atoms with Crippen LogP contribution < -0.4 is 5.32 Å². The van der Waals surface area contributed by atoms with Gasteiger partial charge in [-0.05, 0) is 36.5 Å². The first-order valence-corrected chi connectivity index (χ1v) is 6.94. The Morgan fingerprint density at radius 3 is 2.40 bits per heavy atom. The first-order valence-electron chi connectivity index (χ1n) is 6.94. The lowest BCUT2D eigenvalue weighted by molar-refractivity contribution is -0.137. The number of aliphatic carboxylic acids is 1. The van der Waals surface area contributed by atoms with Crippen molar-refractivity contribution in [3.63, 3.8) is 0 Å². The van der Waals surface area contributed by atoms with E-state index >= 15 is 0 Å². The number of amides is 2. The number of likely N-dealkylation sites (tertiary alicyclic amines) is 1. The van der Waals surface area contributed by atoms with E-state index in [2.05, 4.69) is 5.32 Å². The van der Waals surface area contributed by atoms with Gasteiger partial charge in [-0.25, -0.2) is 4.79 Å². The van der Waals surface area contributed by atoms with E-state index in [4.69, 9.17) is 5.11 Å². The smallest absolute Gasteiger partial charge is 0.321 e. The minimum atomic E-state index is -0.802. The molecule has 1 aromatic carbocycles. The van der Waals surface area contributed by atoms with Crippen LogP contribution in [0.5, 0.6) is 0 Å².